The molecule has 1 fully saturated rings. The van der Waals surface area contributed by atoms with E-state index in [0.717, 1.165) is 17.3 Å². The van der Waals surface area contributed by atoms with Crippen molar-refractivity contribution in [1.29, 1.82) is 0 Å². The largest absolute Gasteiger partial charge is 0.475 e. The zero-order chi connectivity index (χ0) is 14.0. The molecule has 1 aromatic carbocycles. The summed E-state index contributed by atoms with van der Waals surface area (Å²) in [6.07, 6.45) is 4.11. The van der Waals surface area contributed by atoms with Crippen LogP contribution >= 0.6 is 0 Å². The van der Waals surface area contributed by atoms with Crippen LogP contribution in [0.3, 0.4) is 0 Å². The molecular weight excluding hydrogens is 254 g/mol. The molecule has 4 heteroatoms. The molecule has 0 bridgehead atoms. The molecule has 3 rings (SSSR count). The Bertz CT molecular complexity index is 629. The highest BCUT2D eigenvalue weighted by Gasteiger charge is 2.48. The van der Waals surface area contributed by atoms with Crippen LogP contribution in [0.25, 0.3) is 10.9 Å². The summed E-state index contributed by atoms with van der Waals surface area (Å²) in [7, 11) is 0. The second-order valence-corrected chi connectivity index (χ2v) is 5.00. The smallest absolute Gasteiger partial charge is 0.350 e. The number of hydrogen-bond donors (Lipinski definition) is 0. The van der Waals surface area contributed by atoms with Crippen LogP contribution in [0.5, 0.6) is 5.75 Å². The molecule has 1 heterocycles. The van der Waals surface area contributed by atoms with E-state index < -0.39 is 5.60 Å². The number of nitrogens with zero attached hydrogens (tertiary/aromatic N) is 1. The Kier molecular flexibility index (Phi) is 3.30. The summed E-state index contributed by atoms with van der Waals surface area (Å²) >= 11 is 0. The zero-order valence-electron chi connectivity index (χ0n) is 11.5. The van der Waals surface area contributed by atoms with Crippen LogP contribution in [0.2, 0.25) is 0 Å². The van der Waals surface area contributed by atoms with Crippen LogP contribution in [-0.2, 0) is 9.53 Å². The molecule has 0 N–H and O–H groups in total. The van der Waals surface area contributed by atoms with Crippen LogP contribution in [0, 0.1) is 0 Å². The summed E-state index contributed by atoms with van der Waals surface area (Å²) in [4.78, 5) is 16.4. The number of carbonyl (C=O) groups is 1. The Hall–Kier alpha value is -2.10. The summed E-state index contributed by atoms with van der Waals surface area (Å²) in [5.74, 6) is 0.440. The van der Waals surface area contributed by atoms with Gasteiger partial charge in [0.25, 0.3) is 0 Å². The SMILES string of the molecule is CCOC(=O)C1(Oc2ccnc3ccccc23)CCC1. The third-order valence-corrected chi connectivity index (χ3v) is 3.72. The second-order valence-electron chi connectivity index (χ2n) is 5.00. The molecule has 2 aromatic rings. The van der Waals surface area contributed by atoms with Crippen LogP contribution in [0.4, 0.5) is 0 Å². The number of aromatic nitrogens is 1. The van der Waals surface area contributed by atoms with Crippen molar-refractivity contribution in [2.75, 3.05) is 6.61 Å². The first kappa shape index (κ1) is 12.9. The maximum atomic E-state index is 12.1. The molecule has 1 aliphatic rings. The average Bonchev–Trinajstić information content (AvgIpc) is 2.43. The van der Waals surface area contributed by atoms with E-state index in [9.17, 15) is 4.79 Å². The highest BCUT2D eigenvalue weighted by Crippen LogP contribution is 2.39. The first-order valence-corrected chi connectivity index (χ1v) is 6.95. The lowest BCUT2D eigenvalue weighted by Gasteiger charge is -2.39. The Morgan fingerprint density at radius 1 is 1.30 bits per heavy atom. The van der Waals surface area contributed by atoms with E-state index in [1.165, 1.54) is 0 Å². The maximum absolute atomic E-state index is 12.1. The maximum Gasteiger partial charge on any atom is 0.350 e. The molecule has 0 radical (unpaired) electrons. The molecule has 1 saturated carbocycles. The second kappa shape index (κ2) is 5.12. The minimum Gasteiger partial charge on any atom is -0.475 e. The van der Waals surface area contributed by atoms with Gasteiger partial charge < -0.3 is 9.47 Å². The highest BCUT2D eigenvalue weighted by molar-refractivity contribution is 5.86. The predicted molar refractivity (Wildman–Crippen MR) is 75.6 cm³/mol. The monoisotopic (exact) mass is 271 g/mol. The van der Waals surface area contributed by atoms with Crippen molar-refractivity contribution >= 4 is 16.9 Å². The van der Waals surface area contributed by atoms with Crippen molar-refractivity contribution in [2.45, 2.75) is 31.8 Å². The Morgan fingerprint density at radius 2 is 2.10 bits per heavy atom. The molecule has 20 heavy (non-hydrogen) atoms. The van der Waals surface area contributed by atoms with Gasteiger partial charge in [-0.25, -0.2) is 4.79 Å². The number of hydrogen-bond acceptors (Lipinski definition) is 4. The Morgan fingerprint density at radius 3 is 2.80 bits per heavy atom. The van der Waals surface area contributed by atoms with Crippen LogP contribution in [0.1, 0.15) is 26.2 Å². The summed E-state index contributed by atoms with van der Waals surface area (Å²) in [5, 5.41) is 0.922. The quantitative estimate of drug-likeness (QED) is 0.802. The first-order valence-electron chi connectivity index (χ1n) is 6.95. The molecule has 0 atom stereocenters. The van der Waals surface area contributed by atoms with E-state index in [1.807, 2.05) is 37.3 Å². The van der Waals surface area contributed by atoms with Crippen LogP contribution in [0.15, 0.2) is 36.5 Å². The Labute approximate surface area is 117 Å². The van der Waals surface area contributed by atoms with Gasteiger partial charge in [-0.1, -0.05) is 12.1 Å². The number of fused-ring (bicyclic) bond motifs is 1. The standard InChI is InChI=1S/C16H17NO3/c1-2-19-15(18)16(9-5-10-16)20-14-8-11-17-13-7-4-3-6-12(13)14/h3-4,6-8,11H,2,5,9-10H2,1H3. The van der Waals surface area contributed by atoms with Crippen molar-refractivity contribution < 1.29 is 14.3 Å². The minimum absolute atomic E-state index is 0.257. The van der Waals surface area contributed by atoms with E-state index in [1.54, 1.807) is 6.20 Å². The van der Waals surface area contributed by atoms with E-state index >= 15 is 0 Å². The molecule has 104 valence electrons. The van der Waals surface area contributed by atoms with Gasteiger partial charge in [-0.05, 0) is 44.4 Å². The predicted octanol–water partition coefficient (Wildman–Crippen LogP) is 3.10. The number of ether oxygens (including phenoxy) is 2. The average molecular weight is 271 g/mol. The molecule has 1 aliphatic carbocycles. The molecule has 1 aromatic heterocycles. The van der Waals surface area contributed by atoms with E-state index in [0.29, 0.717) is 25.2 Å². The number of rotatable bonds is 4. The Balaban J connectivity index is 1.94. The third-order valence-electron chi connectivity index (χ3n) is 3.72. The number of para-hydroxylation sites is 1. The number of benzene rings is 1. The first-order chi connectivity index (χ1) is 9.75. The fourth-order valence-corrected chi connectivity index (χ4v) is 2.48. The third kappa shape index (κ3) is 2.11. The van der Waals surface area contributed by atoms with Gasteiger partial charge in [0, 0.05) is 11.6 Å². The van der Waals surface area contributed by atoms with Gasteiger partial charge in [0.05, 0.1) is 12.1 Å². The van der Waals surface area contributed by atoms with E-state index in [2.05, 4.69) is 4.98 Å². The van der Waals surface area contributed by atoms with Gasteiger partial charge in [-0.2, -0.15) is 0 Å². The fraction of sp³-hybridized carbons (Fsp3) is 0.375. The molecule has 0 aliphatic heterocycles. The minimum atomic E-state index is -0.805. The molecule has 0 unspecified atom stereocenters. The summed E-state index contributed by atoms with van der Waals surface area (Å²) < 4.78 is 11.2. The molecule has 4 nitrogen and oxygen atoms in total. The zero-order valence-corrected chi connectivity index (χ0v) is 11.5. The lowest BCUT2D eigenvalue weighted by atomic mass is 9.80. The van der Waals surface area contributed by atoms with Gasteiger partial charge >= 0.3 is 5.97 Å². The summed E-state index contributed by atoms with van der Waals surface area (Å²) in [5.41, 5.74) is 0.0588. The van der Waals surface area contributed by atoms with Crippen molar-refractivity contribution in [1.82, 2.24) is 4.98 Å². The van der Waals surface area contributed by atoms with Gasteiger partial charge in [0.1, 0.15) is 5.75 Å². The van der Waals surface area contributed by atoms with Crippen molar-refractivity contribution in [3.05, 3.63) is 36.5 Å². The highest BCUT2D eigenvalue weighted by atomic mass is 16.6. The number of esters is 1. The molecule has 0 spiro atoms. The van der Waals surface area contributed by atoms with Gasteiger partial charge in [0.15, 0.2) is 0 Å². The van der Waals surface area contributed by atoms with E-state index in [-0.39, 0.29) is 5.97 Å². The van der Waals surface area contributed by atoms with Crippen LogP contribution in [-0.4, -0.2) is 23.2 Å². The number of pyridine rings is 1. The molecule has 0 amide bonds. The number of carbonyl (C=O) groups excluding carboxylic acids is 1. The fourth-order valence-electron chi connectivity index (χ4n) is 2.48. The van der Waals surface area contributed by atoms with Gasteiger partial charge in [-0.3, -0.25) is 4.98 Å². The summed E-state index contributed by atoms with van der Waals surface area (Å²) in [6.45, 7) is 2.19. The normalized spacial score (nSPS) is 16.4. The van der Waals surface area contributed by atoms with Crippen molar-refractivity contribution in [3.8, 4) is 5.75 Å². The lowest BCUT2D eigenvalue weighted by Crippen LogP contribution is -2.51. The van der Waals surface area contributed by atoms with E-state index in [4.69, 9.17) is 9.47 Å². The lowest BCUT2D eigenvalue weighted by molar-refractivity contribution is -0.169. The molecular formula is C16H17NO3. The van der Waals surface area contributed by atoms with Gasteiger partial charge in [0.2, 0.25) is 5.60 Å². The van der Waals surface area contributed by atoms with Crippen LogP contribution < -0.4 is 4.74 Å². The summed E-state index contributed by atoms with van der Waals surface area (Å²) in [6, 6.07) is 9.56. The topological polar surface area (TPSA) is 48.4 Å². The van der Waals surface area contributed by atoms with Gasteiger partial charge in [-0.15, -0.1) is 0 Å². The van der Waals surface area contributed by atoms with Crippen molar-refractivity contribution in [2.24, 2.45) is 0 Å². The van der Waals surface area contributed by atoms with Crippen molar-refractivity contribution in [3.63, 3.8) is 0 Å². The molecule has 0 saturated heterocycles.